The summed E-state index contributed by atoms with van der Waals surface area (Å²) >= 11 is 6.21. The molecule has 0 spiro atoms. The van der Waals surface area contributed by atoms with Crippen LogP contribution in [0.25, 0.3) is 11.6 Å². The van der Waals surface area contributed by atoms with Gasteiger partial charge in [0.25, 0.3) is 0 Å². The molecule has 0 heterocycles. The molecule has 1 aromatic carbocycles. The van der Waals surface area contributed by atoms with Gasteiger partial charge in [-0.3, -0.25) is 10.1 Å². The van der Waals surface area contributed by atoms with Gasteiger partial charge in [0.05, 0.1) is 4.92 Å². The molecule has 0 N–H and O–H groups in total. The van der Waals surface area contributed by atoms with Gasteiger partial charge in [0, 0.05) is 30.3 Å². The van der Waals surface area contributed by atoms with Crippen LogP contribution in [0.3, 0.4) is 0 Å². The number of aryl methyl sites for hydroxylation is 1. The van der Waals surface area contributed by atoms with Gasteiger partial charge in [-0.2, -0.15) is 0 Å². The number of nitrogens with zero attached hydrogens (tertiary/aromatic N) is 2. The molecule has 3 rings (SSSR count). The fourth-order valence-electron chi connectivity index (χ4n) is 3.38. The normalized spacial score (nSPS) is 21.8. The van der Waals surface area contributed by atoms with Crippen molar-refractivity contribution in [3.8, 4) is 0 Å². The third-order valence-corrected chi connectivity index (χ3v) is 5.08. The predicted molar refractivity (Wildman–Crippen MR) is 93.9 cm³/mol. The first-order chi connectivity index (χ1) is 10.9. The van der Waals surface area contributed by atoms with E-state index in [-0.39, 0.29) is 4.92 Å². The average Bonchev–Trinajstić information content (AvgIpc) is 2.85. The number of nitro groups is 1. The minimum atomic E-state index is -1.29. The summed E-state index contributed by atoms with van der Waals surface area (Å²) in [5.74, 6) is 0. The lowest BCUT2D eigenvalue weighted by atomic mass is 9.90. The second-order valence-electron chi connectivity index (χ2n) is 5.89. The first-order valence-electron chi connectivity index (χ1n) is 7.77. The van der Waals surface area contributed by atoms with E-state index in [0.29, 0.717) is 18.1 Å². The standard InChI is InChI=1S/C18H19ClN2O2/c1-4-20(5-2)18(21(22)23)7-6-13-9-14-10-17(19)12(3)8-15(14)16(13)11-18/h6-11H,4-5H2,1-3H3. The van der Waals surface area contributed by atoms with Crippen molar-refractivity contribution in [3.05, 3.63) is 67.8 Å². The van der Waals surface area contributed by atoms with Gasteiger partial charge in [0.1, 0.15) is 0 Å². The lowest BCUT2D eigenvalue weighted by molar-refractivity contribution is -0.570. The van der Waals surface area contributed by atoms with Crippen molar-refractivity contribution in [3.63, 3.8) is 0 Å². The van der Waals surface area contributed by atoms with Gasteiger partial charge in [-0.1, -0.05) is 25.4 Å². The van der Waals surface area contributed by atoms with E-state index in [1.807, 2.05) is 50.0 Å². The zero-order valence-corrected chi connectivity index (χ0v) is 14.2. The van der Waals surface area contributed by atoms with E-state index in [4.69, 9.17) is 11.6 Å². The number of rotatable bonds is 4. The molecule has 120 valence electrons. The molecule has 5 heteroatoms. The number of hydrogen-bond acceptors (Lipinski definition) is 3. The molecule has 0 radical (unpaired) electrons. The lowest BCUT2D eigenvalue weighted by Crippen LogP contribution is -2.52. The maximum Gasteiger partial charge on any atom is 0.316 e. The maximum atomic E-state index is 11.9. The van der Waals surface area contributed by atoms with Crippen molar-refractivity contribution >= 4 is 23.3 Å². The Morgan fingerprint density at radius 1 is 1.30 bits per heavy atom. The molecule has 2 aliphatic carbocycles. The molecule has 0 fully saturated rings. The lowest BCUT2D eigenvalue weighted by Gasteiger charge is -2.33. The Morgan fingerprint density at radius 2 is 2.00 bits per heavy atom. The van der Waals surface area contributed by atoms with Crippen molar-refractivity contribution in [2.75, 3.05) is 13.1 Å². The highest BCUT2D eigenvalue weighted by molar-refractivity contribution is 6.31. The fraction of sp³-hybridized carbons (Fsp3) is 0.333. The predicted octanol–water partition coefficient (Wildman–Crippen LogP) is 4.31. The van der Waals surface area contributed by atoms with Crippen LogP contribution in [0, 0.1) is 17.0 Å². The number of halogens is 1. The zero-order valence-electron chi connectivity index (χ0n) is 13.5. The molecule has 1 unspecified atom stereocenters. The van der Waals surface area contributed by atoms with Crippen LogP contribution in [-0.4, -0.2) is 28.6 Å². The number of allylic oxidation sites excluding steroid dienone is 3. The molecule has 0 aliphatic heterocycles. The Kier molecular flexibility index (Phi) is 3.90. The van der Waals surface area contributed by atoms with Gasteiger partial charge in [-0.15, -0.1) is 0 Å². The topological polar surface area (TPSA) is 46.4 Å². The largest absolute Gasteiger partial charge is 0.316 e. The van der Waals surface area contributed by atoms with Crippen molar-refractivity contribution < 1.29 is 4.92 Å². The average molecular weight is 331 g/mol. The third-order valence-electron chi connectivity index (χ3n) is 4.67. The molecule has 0 saturated carbocycles. The molecule has 1 atom stereocenters. The quantitative estimate of drug-likeness (QED) is 0.469. The van der Waals surface area contributed by atoms with Crippen molar-refractivity contribution in [2.24, 2.45) is 0 Å². The first-order valence-corrected chi connectivity index (χ1v) is 8.15. The minimum absolute atomic E-state index is 0.207. The first kappa shape index (κ1) is 16.0. The van der Waals surface area contributed by atoms with Gasteiger partial charge in [-0.05, 0) is 59.0 Å². The molecule has 0 bridgehead atoms. The van der Waals surface area contributed by atoms with E-state index in [9.17, 15) is 10.1 Å². The van der Waals surface area contributed by atoms with Crippen LogP contribution in [0.2, 0.25) is 5.02 Å². The summed E-state index contributed by atoms with van der Waals surface area (Å²) in [7, 11) is 0. The third kappa shape index (κ3) is 2.33. The van der Waals surface area contributed by atoms with Gasteiger partial charge in [-0.25, -0.2) is 4.90 Å². The Hall–Kier alpha value is -1.91. The maximum absolute atomic E-state index is 11.9. The van der Waals surface area contributed by atoms with Gasteiger partial charge in [0.2, 0.25) is 0 Å². The monoisotopic (exact) mass is 330 g/mol. The Morgan fingerprint density at radius 3 is 2.61 bits per heavy atom. The second kappa shape index (κ2) is 5.62. The van der Waals surface area contributed by atoms with E-state index in [1.54, 1.807) is 12.2 Å². The number of hydrogen-bond donors (Lipinski definition) is 0. The van der Waals surface area contributed by atoms with Crippen LogP contribution < -0.4 is 0 Å². The number of benzene rings is 1. The van der Waals surface area contributed by atoms with E-state index < -0.39 is 5.66 Å². The van der Waals surface area contributed by atoms with Crippen LogP contribution in [-0.2, 0) is 0 Å². The molecule has 1 aromatic rings. The van der Waals surface area contributed by atoms with E-state index in [1.165, 1.54) is 0 Å². The van der Waals surface area contributed by atoms with E-state index in [0.717, 1.165) is 27.8 Å². The molecule has 23 heavy (non-hydrogen) atoms. The number of likely N-dealkylation sites (N-methyl/N-ethyl adjacent to an activating group) is 1. The highest BCUT2D eigenvalue weighted by Crippen LogP contribution is 2.43. The molecule has 4 nitrogen and oxygen atoms in total. The Labute approximate surface area is 140 Å². The summed E-state index contributed by atoms with van der Waals surface area (Å²) in [6.45, 7) is 7.05. The van der Waals surface area contributed by atoms with Crippen LogP contribution >= 0.6 is 11.6 Å². The van der Waals surface area contributed by atoms with E-state index in [2.05, 4.69) is 0 Å². The van der Waals surface area contributed by atoms with Crippen LogP contribution in [0.15, 0.2) is 35.9 Å². The van der Waals surface area contributed by atoms with Gasteiger partial charge >= 0.3 is 5.66 Å². The molecule has 0 aromatic heterocycles. The summed E-state index contributed by atoms with van der Waals surface area (Å²) in [6, 6.07) is 3.94. The van der Waals surface area contributed by atoms with E-state index >= 15 is 0 Å². The number of fused-ring (bicyclic) bond motifs is 3. The highest BCUT2D eigenvalue weighted by Gasteiger charge is 2.46. The summed E-state index contributed by atoms with van der Waals surface area (Å²) < 4.78 is 0. The SMILES string of the molecule is CCN(CC)C1([N+](=O)[O-])C=CC2=Cc3cc(Cl)c(C)cc3C2=C1. The fourth-order valence-corrected chi connectivity index (χ4v) is 3.55. The van der Waals surface area contributed by atoms with Crippen molar-refractivity contribution in [1.82, 2.24) is 4.90 Å². The molecule has 2 aliphatic rings. The Bertz CT molecular complexity index is 775. The minimum Gasteiger partial charge on any atom is -0.262 e. The smallest absolute Gasteiger partial charge is 0.262 e. The van der Waals surface area contributed by atoms with Crippen LogP contribution in [0.4, 0.5) is 0 Å². The van der Waals surface area contributed by atoms with Crippen molar-refractivity contribution in [2.45, 2.75) is 26.4 Å². The van der Waals surface area contributed by atoms with Gasteiger partial charge in [0.15, 0.2) is 0 Å². The summed E-state index contributed by atoms with van der Waals surface area (Å²) in [5, 5.41) is 12.6. The summed E-state index contributed by atoms with van der Waals surface area (Å²) in [5.41, 5.74) is 3.66. The molecule has 0 saturated heterocycles. The summed E-state index contributed by atoms with van der Waals surface area (Å²) in [4.78, 5) is 13.5. The van der Waals surface area contributed by atoms with Crippen LogP contribution in [0.5, 0.6) is 0 Å². The Balaban J connectivity index is 2.18. The summed E-state index contributed by atoms with van der Waals surface area (Å²) in [6.07, 6.45) is 7.37. The molecule has 0 amide bonds. The van der Waals surface area contributed by atoms with Crippen LogP contribution in [0.1, 0.15) is 30.5 Å². The molecular formula is C18H19ClN2O2. The second-order valence-corrected chi connectivity index (χ2v) is 6.30. The zero-order chi connectivity index (χ0) is 16.8. The highest BCUT2D eigenvalue weighted by atomic mass is 35.5. The van der Waals surface area contributed by atoms with Gasteiger partial charge < -0.3 is 0 Å². The molecular weight excluding hydrogens is 312 g/mol. The van der Waals surface area contributed by atoms with Crippen molar-refractivity contribution in [1.29, 1.82) is 0 Å².